The quantitative estimate of drug-likeness (QED) is 0.726. The fourth-order valence-corrected chi connectivity index (χ4v) is 1.53. The first-order valence-corrected chi connectivity index (χ1v) is 4.66. The second-order valence-corrected chi connectivity index (χ2v) is 3.30. The summed E-state index contributed by atoms with van der Waals surface area (Å²) in [5, 5.41) is 4.20. The van der Waals surface area contributed by atoms with Crippen molar-refractivity contribution in [1.29, 1.82) is 0 Å². The molecule has 0 saturated heterocycles. The Morgan fingerprint density at radius 3 is 3.38 bits per heavy atom. The molecule has 2 rings (SSSR count). The first-order chi connectivity index (χ1) is 6.33. The van der Waals surface area contributed by atoms with Gasteiger partial charge in [-0.3, -0.25) is 0 Å². The maximum atomic E-state index is 5.50. The third-order valence-electron chi connectivity index (χ3n) is 2.17. The van der Waals surface area contributed by atoms with Crippen molar-refractivity contribution >= 4 is 11.8 Å². The van der Waals surface area contributed by atoms with Crippen LogP contribution in [0, 0.1) is 0 Å². The molecule has 1 aromatic heterocycles. The standard InChI is InChI=1S/C8H11ClN3O/c1-6(11-9)7-5-10-12-3-2-4-13-8(7)12/h5-6H,2-4H2,1H3/t6-/m1/s1. The van der Waals surface area contributed by atoms with Gasteiger partial charge in [-0.25, -0.2) is 4.68 Å². The Labute approximate surface area is 81.9 Å². The van der Waals surface area contributed by atoms with E-state index < -0.39 is 0 Å². The molecule has 0 saturated carbocycles. The van der Waals surface area contributed by atoms with E-state index in [1.54, 1.807) is 6.20 Å². The van der Waals surface area contributed by atoms with Gasteiger partial charge in [0.1, 0.15) is 0 Å². The van der Waals surface area contributed by atoms with Crippen molar-refractivity contribution in [2.45, 2.75) is 25.9 Å². The van der Waals surface area contributed by atoms with Crippen molar-refractivity contribution in [2.24, 2.45) is 0 Å². The summed E-state index contributed by atoms with van der Waals surface area (Å²) in [7, 11) is 0. The SMILES string of the molecule is C[C@@H]([N]Cl)c1cnn2c1OCCC2. The molecule has 5 heteroatoms. The van der Waals surface area contributed by atoms with Gasteiger partial charge in [0.15, 0.2) is 0 Å². The average Bonchev–Trinajstić information content (AvgIpc) is 2.60. The summed E-state index contributed by atoms with van der Waals surface area (Å²) in [4.78, 5) is 3.68. The molecule has 0 aromatic carbocycles. The Balaban J connectivity index is 2.31. The van der Waals surface area contributed by atoms with Crippen LogP contribution < -0.4 is 9.57 Å². The van der Waals surface area contributed by atoms with Crippen LogP contribution in [0.25, 0.3) is 0 Å². The Morgan fingerprint density at radius 1 is 1.77 bits per heavy atom. The highest BCUT2D eigenvalue weighted by Crippen LogP contribution is 2.28. The zero-order chi connectivity index (χ0) is 9.26. The summed E-state index contributed by atoms with van der Waals surface area (Å²) < 4.78 is 7.36. The van der Waals surface area contributed by atoms with E-state index in [-0.39, 0.29) is 6.04 Å². The van der Waals surface area contributed by atoms with Gasteiger partial charge in [-0.15, -0.1) is 4.84 Å². The van der Waals surface area contributed by atoms with Gasteiger partial charge in [0.2, 0.25) is 5.88 Å². The number of hydrogen-bond acceptors (Lipinski definition) is 2. The number of aromatic nitrogens is 2. The lowest BCUT2D eigenvalue weighted by Gasteiger charge is -2.17. The molecular formula is C8H11ClN3O. The largest absolute Gasteiger partial charge is 0.478 e. The third-order valence-corrected chi connectivity index (χ3v) is 2.46. The highest BCUT2D eigenvalue weighted by Gasteiger charge is 2.20. The van der Waals surface area contributed by atoms with Crippen LogP contribution in [0.3, 0.4) is 0 Å². The van der Waals surface area contributed by atoms with E-state index in [1.165, 1.54) is 0 Å². The van der Waals surface area contributed by atoms with Gasteiger partial charge in [-0.1, -0.05) is 0 Å². The lowest BCUT2D eigenvalue weighted by molar-refractivity contribution is 0.227. The molecule has 0 unspecified atom stereocenters. The van der Waals surface area contributed by atoms with Gasteiger partial charge in [0.05, 0.1) is 24.4 Å². The molecule has 71 valence electrons. The Hall–Kier alpha value is -0.740. The van der Waals surface area contributed by atoms with Crippen LogP contribution >= 0.6 is 11.8 Å². The summed E-state index contributed by atoms with van der Waals surface area (Å²) in [6.45, 7) is 3.60. The van der Waals surface area contributed by atoms with E-state index in [2.05, 4.69) is 9.93 Å². The number of aryl methyl sites for hydroxylation is 1. The van der Waals surface area contributed by atoms with Crippen LogP contribution in [0.2, 0.25) is 0 Å². The molecule has 0 bridgehead atoms. The third kappa shape index (κ3) is 1.51. The highest BCUT2D eigenvalue weighted by atomic mass is 35.5. The molecule has 1 aliphatic rings. The van der Waals surface area contributed by atoms with Gasteiger partial charge >= 0.3 is 0 Å². The predicted octanol–water partition coefficient (Wildman–Crippen LogP) is 1.48. The van der Waals surface area contributed by atoms with E-state index in [9.17, 15) is 0 Å². The molecule has 0 spiro atoms. The normalized spacial score (nSPS) is 17.7. The van der Waals surface area contributed by atoms with Crippen molar-refractivity contribution < 1.29 is 4.74 Å². The van der Waals surface area contributed by atoms with Crippen molar-refractivity contribution in [3.8, 4) is 5.88 Å². The molecule has 1 atom stereocenters. The number of ether oxygens (including phenoxy) is 1. The number of fused-ring (bicyclic) bond motifs is 1. The molecule has 0 aliphatic carbocycles. The van der Waals surface area contributed by atoms with Crippen LogP contribution in [0.1, 0.15) is 24.9 Å². The van der Waals surface area contributed by atoms with Crippen LogP contribution in [-0.4, -0.2) is 16.4 Å². The van der Waals surface area contributed by atoms with Crippen molar-refractivity contribution in [3.05, 3.63) is 11.8 Å². The summed E-state index contributed by atoms with van der Waals surface area (Å²) in [5.74, 6) is 0.822. The molecule has 1 aromatic rings. The molecule has 4 nitrogen and oxygen atoms in total. The number of halogens is 1. The van der Waals surface area contributed by atoms with E-state index >= 15 is 0 Å². The van der Waals surface area contributed by atoms with E-state index in [0.717, 1.165) is 31.0 Å². The van der Waals surface area contributed by atoms with Gasteiger partial charge in [0, 0.05) is 13.0 Å². The second-order valence-electron chi connectivity index (χ2n) is 3.10. The first-order valence-electron chi connectivity index (χ1n) is 4.32. The molecule has 13 heavy (non-hydrogen) atoms. The van der Waals surface area contributed by atoms with Crippen LogP contribution in [-0.2, 0) is 6.54 Å². The van der Waals surface area contributed by atoms with Crippen LogP contribution in [0.5, 0.6) is 5.88 Å². The summed E-state index contributed by atoms with van der Waals surface area (Å²) in [6.07, 6.45) is 2.79. The highest BCUT2D eigenvalue weighted by molar-refractivity contribution is 6.13. The fourth-order valence-electron chi connectivity index (χ4n) is 1.43. The molecule has 0 amide bonds. The van der Waals surface area contributed by atoms with Crippen molar-refractivity contribution in [1.82, 2.24) is 14.6 Å². The monoisotopic (exact) mass is 200 g/mol. The molecule has 1 radical (unpaired) electrons. The number of nitrogens with zero attached hydrogens (tertiary/aromatic N) is 3. The molecule has 0 fully saturated rings. The van der Waals surface area contributed by atoms with Crippen LogP contribution in [0.4, 0.5) is 0 Å². The molecule has 0 N–H and O–H groups in total. The van der Waals surface area contributed by atoms with Crippen LogP contribution in [0.15, 0.2) is 6.20 Å². The van der Waals surface area contributed by atoms with Gasteiger partial charge in [-0.05, 0) is 18.7 Å². The first kappa shape index (κ1) is 8.84. The average molecular weight is 201 g/mol. The maximum absolute atomic E-state index is 5.50. The lowest BCUT2D eigenvalue weighted by atomic mass is 10.2. The Bertz CT molecular complexity index is 300. The fraction of sp³-hybridized carbons (Fsp3) is 0.625. The zero-order valence-corrected chi connectivity index (χ0v) is 8.16. The summed E-state index contributed by atoms with van der Waals surface area (Å²) >= 11 is 5.42. The second kappa shape index (κ2) is 3.55. The molecule has 1 aliphatic heterocycles. The smallest absolute Gasteiger partial charge is 0.216 e. The van der Waals surface area contributed by atoms with E-state index in [4.69, 9.17) is 16.5 Å². The number of hydrogen-bond donors (Lipinski definition) is 0. The van der Waals surface area contributed by atoms with Gasteiger partial charge < -0.3 is 4.74 Å². The summed E-state index contributed by atoms with van der Waals surface area (Å²) in [6, 6.07) is -0.0523. The minimum Gasteiger partial charge on any atom is -0.478 e. The maximum Gasteiger partial charge on any atom is 0.216 e. The number of rotatable bonds is 2. The zero-order valence-electron chi connectivity index (χ0n) is 7.40. The topological polar surface area (TPSA) is 41.2 Å². The van der Waals surface area contributed by atoms with E-state index in [0.29, 0.717) is 0 Å². The predicted molar refractivity (Wildman–Crippen MR) is 48.7 cm³/mol. The van der Waals surface area contributed by atoms with Gasteiger partial charge in [0.25, 0.3) is 0 Å². The minimum absolute atomic E-state index is 0.0523. The van der Waals surface area contributed by atoms with Crippen molar-refractivity contribution in [3.63, 3.8) is 0 Å². The van der Waals surface area contributed by atoms with Crippen molar-refractivity contribution in [2.75, 3.05) is 6.61 Å². The molecular weight excluding hydrogens is 190 g/mol. The van der Waals surface area contributed by atoms with Gasteiger partial charge in [-0.2, -0.15) is 5.10 Å². The Kier molecular flexibility index (Phi) is 2.42. The van der Waals surface area contributed by atoms with E-state index in [1.807, 2.05) is 11.6 Å². The lowest BCUT2D eigenvalue weighted by Crippen LogP contribution is -2.16. The molecule has 2 heterocycles. The Morgan fingerprint density at radius 2 is 2.62 bits per heavy atom. The summed E-state index contributed by atoms with van der Waals surface area (Å²) in [5.41, 5.74) is 0.967. The minimum atomic E-state index is -0.0523.